The molecule has 28 heavy (non-hydrogen) atoms. The van der Waals surface area contributed by atoms with Gasteiger partial charge in [-0.05, 0) is 29.7 Å². The predicted molar refractivity (Wildman–Crippen MR) is 115 cm³/mol. The Morgan fingerprint density at radius 1 is 0.714 bits per heavy atom. The molecular formula is C23H35N3O2. The zero-order valence-corrected chi connectivity index (χ0v) is 18.6. The van der Waals surface area contributed by atoms with Crippen molar-refractivity contribution in [1.82, 2.24) is 4.98 Å². The summed E-state index contributed by atoms with van der Waals surface area (Å²) in [4.78, 5) is 14.8. The molecule has 2 aliphatic rings. The Morgan fingerprint density at radius 3 is 1.39 bits per heavy atom. The molecule has 0 spiro atoms. The average Bonchev–Trinajstić information content (AvgIpc) is 3.30. The highest BCUT2D eigenvalue weighted by atomic mass is 16.5. The van der Waals surface area contributed by atoms with Gasteiger partial charge >= 0.3 is 0 Å². The quantitative estimate of drug-likeness (QED) is 0.697. The van der Waals surface area contributed by atoms with Crippen LogP contribution in [0, 0.1) is 11.8 Å². The molecule has 0 fully saturated rings. The molecule has 0 N–H and O–H groups in total. The molecule has 0 radical (unpaired) electrons. The highest BCUT2D eigenvalue weighted by Gasteiger charge is 2.30. The van der Waals surface area contributed by atoms with Gasteiger partial charge in [0, 0.05) is 0 Å². The van der Waals surface area contributed by atoms with Gasteiger partial charge in [-0.25, -0.2) is 9.98 Å². The molecule has 5 nitrogen and oxygen atoms in total. The van der Waals surface area contributed by atoms with Crippen LogP contribution >= 0.6 is 0 Å². The Balaban J connectivity index is 2.12. The van der Waals surface area contributed by atoms with Gasteiger partial charge in [-0.3, -0.25) is 4.98 Å². The van der Waals surface area contributed by atoms with Gasteiger partial charge in [-0.1, -0.05) is 55.4 Å². The van der Waals surface area contributed by atoms with Gasteiger partial charge in [0.25, 0.3) is 0 Å². The summed E-state index contributed by atoms with van der Waals surface area (Å²) in [5.74, 6) is 2.89. The molecule has 0 bridgehead atoms. The van der Waals surface area contributed by atoms with Crippen LogP contribution in [0.4, 0.5) is 0 Å². The third-order valence-electron chi connectivity index (χ3n) is 5.52. The Morgan fingerprint density at radius 2 is 1.11 bits per heavy atom. The lowest BCUT2D eigenvalue weighted by Crippen LogP contribution is -2.16. The summed E-state index contributed by atoms with van der Waals surface area (Å²) in [6.45, 7) is 18.7. The molecule has 1 aromatic rings. The number of aliphatic imine (C=N–C) groups is 2. The Labute approximate surface area is 169 Å². The van der Waals surface area contributed by atoms with Crippen LogP contribution in [0.5, 0.6) is 0 Å². The van der Waals surface area contributed by atoms with Crippen molar-refractivity contribution in [1.29, 1.82) is 0 Å². The topological polar surface area (TPSA) is 56.1 Å². The minimum Gasteiger partial charge on any atom is -0.475 e. The normalized spacial score (nSPS) is 22.1. The van der Waals surface area contributed by atoms with Crippen LogP contribution in [0.1, 0.15) is 89.7 Å². The smallest absolute Gasteiger partial charge is 0.218 e. The summed E-state index contributed by atoms with van der Waals surface area (Å²) in [6, 6.07) is 2.56. The monoisotopic (exact) mass is 385 g/mol. The lowest BCUT2D eigenvalue weighted by atomic mass is 9.96. The standard InChI is InChI=1S/C23H35N3O2/c1-12(2)18-10-27-22(24-18)16-9-17(23-25-19(11-28-23)13(3)4)21(15(7)8)26-20(16)14(5)6/h9,12-15,18-19H,10-11H2,1-8H3/t18-,19-/m0/s1. The zero-order valence-electron chi connectivity index (χ0n) is 18.6. The van der Waals surface area contributed by atoms with E-state index in [1.54, 1.807) is 0 Å². The zero-order chi connectivity index (χ0) is 20.6. The van der Waals surface area contributed by atoms with E-state index in [2.05, 4.69) is 61.5 Å². The first-order valence-corrected chi connectivity index (χ1v) is 10.7. The van der Waals surface area contributed by atoms with Crippen molar-refractivity contribution < 1.29 is 9.47 Å². The number of ether oxygens (including phenoxy) is 2. The fraction of sp³-hybridized carbons (Fsp3) is 0.696. The highest BCUT2D eigenvalue weighted by molar-refractivity contribution is 6.02. The number of nitrogens with zero attached hydrogens (tertiary/aromatic N) is 3. The molecule has 3 heterocycles. The van der Waals surface area contributed by atoms with Crippen molar-refractivity contribution in [3.05, 3.63) is 28.6 Å². The summed E-state index contributed by atoms with van der Waals surface area (Å²) in [5.41, 5.74) is 4.04. The third kappa shape index (κ3) is 4.08. The number of rotatable bonds is 6. The van der Waals surface area contributed by atoms with E-state index in [0.717, 1.165) is 22.5 Å². The van der Waals surface area contributed by atoms with E-state index >= 15 is 0 Å². The van der Waals surface area contributed by atoms with E-state index in [1.807, 2.05) is 0 Å². The molecule has 5 heteroatoms. The van der Waals surface area contributed by atoms with Gasteiger partial charge in [-0.15, -0.1) is 0 Å². The van der Waals surface area contributed by atoms with E-state index in [1.165, 1.54) is 0 Å². The van der Waals surface area contributed by atoms with Crippen molar-refractivity contribution in [2.24, 2.45) is 21.8 Å². The number of aromatic nitrogens is 1. The third-order valence-corrected chi connectivity index (χ3v) is 5.52. The minimum atomic E-state index is 0.202. The van der Waals surface area contributed by atoms with E-state index in [0.29, 0.717) is 36.8 Å². The maximum absolute atomic E-state index is 6.01. The lowest BCUT2D eigenvalue weighted by Gasteiger charge is -2.18. The van der Waals surface area contributed by atoms with Crippen LogP contribution in [-0.2, 0) is 9.47 Å². The predicted octanol–water partition coefficient (Wildman–Crippen LogP) is 4.93. The Hall–Kier alpha value is -1.91. The van der Waals surface area contributed by atoms with Crippen LogP contribution < -0.4 is 0 Å². The lowest BCUT2D eigenvalue weighted by molar-refractivity contribution is 0.291. The van der Waals surface area contributed by atoms with Gasteiger partial charge < -0.3 is 9.47 Å². The molecule has 154 valence electrons. The van der Waals surface area contributed by atoms with Crippen LogP contribution in [0.2, 0.25) is 0 Å². The first-order valence-electron chi connectivity index (χ1n) is 10.7. The average molecular weight is 386 g/mol. The number of hydrogen-bond donors (Lipinski definition) is 0. The molecular weight excluding hydrogens is 350 g/mol. The SMILES string of the molecule is CC(C)c1nc(C(C)C)c(C2=N[C@H](C(C)C)CO2)cc1C1=N[C@H](C(C)C)CO1. The van der Waals surface area contributed by atoms with Crippen molar-refractivity contribution in [3.8, 4) is 0 Å². The second kappa shape index (κ2) is 8.22. The number of pyridine rings is 1. The van der Waals surface area contributed by atoms with Crippen molar-refractivity contribution >= 4 is 11.8 Å². The summed E-state index contributed by atoms with van der Waals surface area (Å²) < 4.78 is 12.0. The van der Waals surface area contributed by atoms with Crippen molar-refractivity contribution in [3.63, 3.8) is 0 Å². The van der Waals surface area contributed by atoms with Crippen LogP contribution in [-0.4, -0.2) is 42.1 Å². The van der Waals surface area contributed by atoms with Gasteiger partial charge in [0.15, 0.2) is 0 Å². The van der Waals surface area contributed by atoms with Gasteiger partial charge in [0.2, 0.25) is 11.8 Å². The summed E-state index contributed by atoms with van der Waals surface area (Å²) in [5, 5.41) is 0. The van der Waals surface area contributed by atoms with Crippen LogP contribution in [0.25, 0.3) is 0 Å². The minimum absolute atomic E-state index is 0.202. The first kappa shape index (κ1) is 20.8. The first-order chi connectivity index (χ1) is 13.2. The largest absolute Gasteiger partial charge is 0.475 e. The van der Waals surface area contributed by atoms with Crippen molar-refractivity contribution in [2.45, 2.75) is 79.3 Å². The van der Waals surface area contributed by atoms with Gasteiger partial charge in [0.05, 0.1) is 34.6 Å². The molecule has 2 atom stereocenters. The van der Waals surface area contributed by atoms with E-state index in [9.17, 15) is 0 Å². The molecule has 1 aromatic heterocycles. The van der Waals surface area contributed by atoms with E-state index < -0.39 is 0 Å². The molecule has 0 saturated carbocycles. The Kier molecular flexibility index (Phi) is 6.11. The van der Waals surface area contributed by atoms with Crippen LogP contribution in [0.3, 0.4) is 0 Å². The van der Waals surface area contributed by atoms with E-state index in [-0.39, 0.29) is 23.9 Å². The molecule has 0 aromatic carbocycles. The fourth-order valence-electron chi connectivity index (χ4n) is 3.52. The summed E-state index contributed by atoms with van der Waals surface area (Å²) in [6.07, 6.45) is 0. The second-order valence-corrected chi connectivity index (χ2v) is 9.28. The molecule has 2 aliphatic heterocycles. The number of hydrogen-bond acceptors (Lipinski definition) is 5. The highest BCUT2D eigenvalue weighted by Crippen LogP contribution is 2.30. The molecule has 0 unspecified atom stereocenters. The van der Waals surface area contributed by atoms with Gasteiger partial charge in [-0.2, -0.15) is 0 Å². The fourth-order valence-corrected chi connectivity index (χ4v) is 3.52. The van der Waals surface area contributed by atoms with E-state index in [4.69, 9.17) is 24.4 Å². The second-order valence-electron chi connectivity index (χ2n) is 9.28. The molecule has 0 aliphatic carbocycles. The summed E-state index contributed by atoms with van der Waals surface area (Å²) >= 11 is 0. The maximum Gasteiger partial charge on any atom is 0.218 e. The van der Waals surface area contributed by atoms with Crippen LogP contribution in [0.15, 0.2) is 16.1 Å². The maximum atomic E-state index is 6.01. The van der Waals surface area contributed by atoms with Gasteiger partial charge in [0.1, 0.15) is 13.2 Å². The molecule has 0 saturated heterocycles. The summed E-state index contributed by atoms with van der Waals surface area (Å²) in [7, 11) is 0. The molecule has 0 amide bonds. The van der Waals surface area contributed by atoms with Crippen molar-refractivity contribution in [2.75, 3.05) is 13.2 Å². The Bertz CT molecular complexity index is 717. The molecule has 3 rings (SSSR count).